The number of methoxy groups -OCH3 is 3. The minimum atomic E-state index is -1.89. The Bertz CT molecular complexity index is 2510. The number of Topliss-reactive ketones (excluding diaryl/α,β-unsaturated/α-hetero) is 1. The largest absolute Gasteiger partial charge is 0.495 e. The molecule has 2 N–H and O–H groups in total. The molecule has 3 saturated heterocycles. The molecule has 25 heteroatoms. The highest BCUT2D eigenvalue weighted by molar-refractivity contribution is 8.02. The maximum Gasteiger partial charge on any atom is 0.409 e. The van der Waals surface area contributed by atoms with Crippen LogP contribution in [0.1, 0.15) is 105 Å². The van der Waals surface area contributed by atoms with E-state index >= 15 is 0 Å². The predicted molar refractivity (Wildman–Crippen MR) is 306 cm³/mol. The monoisotopic (exact) mass is 1210 g/mol. The first kappa shape index (κ1) is 68.6. The van der Waals surface area contributed by atoms with Crippen molar-refractivity contribution in [2.24, 2.45) is 5.92 Å². The number of hydrogen-bond donors (Lipinski definition) is 2. The van der Waals surface area contributed by atoms with E-state index in [1.54, 1.807) is 45.2 Å². The topological polar surface area (TPSA) is 274 Å². The fourth-order valence-corrected chi connectivity index (χ4v) is 11.7. The molecule has 0 radical (unpaired) electrons. The number of carbonyl (C=O) groups excluding carboxylic acids is 8. The van der Waals surface area contributed by atoms with Crippen molar-refractivity contribution in [2.75, 3.05) is 99.7 Å². The van der Waals surface area contributed by atoms with Crippen molar-refractivity contribution in [1.29, 1.82) is 0 Å². The molecule has 1 unspecified atom stereocenters. The van der Waals surface area contributed by atoms with Crippen LogP contribution in [-0.4, -0.2) is 209 Å². The lowest BCUT2D eigenvalue weighted by molar-refractivity contribution is -0.162. The molecule has 0 spiro atoms. The van der Waals surface area contributed by atoms with Gasteiger partial charge in [0.05, 0.1) is 90.4 Å². The number of epoxide rings is 1. The van der Waals surface area contributed by atoms with Crippen molar-refractivity contribution in [2.45, 2.75) is 158 Å². The Kier molecular flexibility index (Phi) is 26.3. The molecular formula is C58H85ClN4O19S. The van der Waals surface area contributed by atoms with Gasteiger partial charge in [0.1, 0.15) is 46.5 Å². The maximum atomic E-state index is 14.4. The molecule has 3 fully saturated rings. The number of esters is 2. The summed E-state index contributed by atoms with van der Waals surface area (Å²) in [4.78, 5) is 110. The second-order valence-corrected chi connectivity index (χ2v) is 24.3. The van der Waals surface area contributed by atoms with Crippen LogP contribution in [0.2, 0.25) is 5.02 Å². The highest BCUT2D eigenvalue weighted by Gasteiger charge is 2.64. The number of ketones is 1. The number of imide groups is 1. The first-order valence-corrected chi connectivity index (χ1v) is 29.3. The predicted octanol–water partition coefficient (Wildman–Crippen LogP) is 5.30. The molecule has 4 heterocycles. The van der Waals surface area contributed by atoms with Crippen LogP contribution in [-0.2, 0) is 82.6 Å². The summed E-state index contributed by atoms with van der Waals surface area (Å²) in [5.41, 5.74) is -1.21. The van der Waals surface area contributed by atoms with Crippen LogP contribution in [0.3, 0.4) is 0 Å². The van der Waals surface area contributed by atoms with E-state index in [1.165, 1.54) is 56.9 Å². The molecule has 4 bridgehead atoms. The summed E-state index contributed by atoms with van der Waals surface area (Å²) in [6, 6.07) is 2.39. The van der Waals surface area contributed by atoms with Crippen LogP contribution < -0.4 is 15.0 Å². The number of anilines is 1. The molecule has 9 atom stereocenters. The average molecular weight is 1210 g/mol. The lowest BCUT2D eigenvalue weighted by Crippen LogP contribution is -2.63. The summed E-state index contributed by atoms with van der Waals surface area (Å²) in [7, 11) is 7.21. The molecule has 0 aliphatic carbocycles. The molecule has 83 heavy (non-hydrogen) atoms. The van der Waals surface area contributed by atoms with E-state index in [1.807, 2.05) is 26.8 Å². The second kappa shape index (κ2) is 31.8. The molecule has 4 aliphatic rings. The van der Waals surface area contributed by atoms with Gasteiger partial charge in [0, 0.05) is 77.1 Å². The zero-order chi connectivity index (χ0) is 61.2. The quantitative estimate of drug-likeness (QED) is 0.0338. The number of halogens is 1. The first-order valence-electron chi connectivity index (χ1n) is 28.0. The molecule has 23 nitrogen and oxygen atoms in total. The van der Waals surface area contributed by atoms with Gasteiger partial charge in [-0.25, -0.2) is 9.59 Å². The number of carbonyl (C=O) groups is 8. The van der Waals surface area contributed by atoms with Crippen LogP contribution >= 0.6 is 23.4 Å². The molecule has 0 aromatic heterocycles. The van der Waals surface area contributed by atoms with Crippen LogP contribution in [0.5, 0.6) is 5.75 Å². The SMILES string of the molecule is COC(=O)CCOCCOCCOCCOCCCC(=O)CCN1C(=O)CC(SC(C)(C)CCC(=O)N(C)[C@@H](C)C(=O)O[C@H]2CC(=O)N(C)c3cc(cc(OC)c3Cl)C/C(C)=C/C=C/[C@@H](OC)[C@@]3(O)C[C@H](OC(=O)N3)[C@@H](C)[C@@H]3O[C@@]23C)C1=O. The van der Waals surface area contributed by atoms with Crippen molar-refractivity contribution < 1.29 is 90.8 Å². The number of nitrogens with one attached hydrogen (secondary N) is 1. The molecule has 464 valence electrons. The Morgan fingerprint density at radius 3 is 2.22 bits per heavy atom. The van der Waals surface area contributed by atoms with Crippen LogP contribution in [0, 0.1) is 5.92 Å². The average Bonchev–Trinajstić information content (AvgIpc) is 2.44. The molecule has 4 aliphatic heterocycles. The fourth-order valence-electron chi connectivity index (χ4n) is 9.98. The van der Waals surface area contributed by atoms with Crippen molar-refractivity contribution in [3.63, 3.8) is 0 Å². The van der Waals surface area contributed by atoms with Crippen LogP contribution in [0.4, 0.5) is 10.5 Å². The van der Waals surface area contributed by atoms with Gasteiger partial charge in [0.2, 0.25) is 23.6 Å². The van der Waals surface area contributed by atoms with Gasteiger partial charge in [-0.2, -0.15) is 0 Å². The minimum absolute atomic E-state index is 0.0185. The Hall–Kier alpha value is -5.18. The van der Waals surface area contributed by atoms with Crippen molar-refractivity contribution in [1.82, 2.24) is 15.1 Å². The number of thioether (sulfide) groups is 1. The van der Waals surface area contributed by atoms with Crippen LogP contribution in [0.25, 0.3) is 0 Å². The Balaban J connectivity index is 1.12. The summed E-state index contributed by atoms with van der Waals surface area (Å²) in [6.45, 7) is 13.3. The van der Waals surface area contributed by atoms with Gasteiger partial charge in [0.15, 0.2) is 5.72 Å². The van der Waals surface area contributed by atoms with Gasteiger partial charge >= 0.3 is 18.0 Å². The highest BCUT2D eigenvalue weighted by Crippen LogP contribution is 2.49. The Morgan fingerprint density at radius 1 is 0.928 bits per heavy atom. The number of amides is 5. The van der Waals surface area contributed by atoms with E-state index in [4.69, 9.17) is 54.2 Å². The number of nitrogens with zero attached hydrogens (tertiary/aromatic N) is 3. The lowest BCUT2D eigenvalue weighted by Gasteiger charge is -2.42. The zero-order valence-electron chi connectivity index (χ0n) is 49.8. The minimum Gasteiger partial charge on any atom is -0.495 e. The third-order valence-electron chi connectivity index (χ3n) is 15.3. The molecular weight excluding hydrogens is 1120 g/mol. The summed E-state index contributed by atoms with van der Waals surface area (Å²) < 4.78 is 55.1. The van der Waals surface area contributed by atoms with Gasteiger partial charge in [-0.1, -0.05) is 56.2 Å². The van der Waals surface area contributed by atoms with Gasteiger partial charge in [-0.15, -0.1) is 11.8 Å². The number of allylic oxidation sites excluding steroid dienone is 3. The standard InChI is InChI=1S/C58H85ClN4O19S/c1-36-14-12-16-45(74-10)58(72)35-43(80-55(71)60-58)37(2)52-57(6,82-52)46(34-48(66)62(8)41-31-39(30-36)32-42(73-9)51(41)59)81-54(70)38(3)61(7)47(65)17-20-56(4,5)83-44-33-49(67)63(53(44)69)21-18-40(64)15-13-22-76-24-26-78-28-29-79-27-25-77-23-19-50(68)75-11/h12,14,16,31-32,37-38,43-46,52,72H,13,15,17-30,33-35H2,1-11H3,(H,60,71)/b16-12+,36-14+/t37-,38+,43+,44?,45-,46+,52+,57+,58+/m1/s1. The van der Waals surface area contributed by atoms with Crippen molar-refractivity contribution in [3.8, 4) is 5.75 Å². The first-order chi connectivity index (χ1) is 39.3. The molecule has 1 aromatic carbocycles. The number of benzene rings is 1. The van der Waals surface area contributed by atoms with Crippen molar-refractivity contribution >= 4 is 76.5 Å². The fraction of sp³-hybridized carbons (Fsp3) is 0.690. The Morgan fingerprint density at radius 2 is 1.58 bits per heavy atom. The number of likely N-dealkylation sites (N-methyl/N-ethyl adjacent to an activating group) is 1. The summed E-state index contributed by atoms with van der Waals surface area (Å²) >= 11 is 8.12. The van der Waals surface area contributed by atoms with Crippen LogP contribution in [0.15, 0.2) is 35.9 Å². The summed E-state index contributed by atoms with van der Waals surface area (Å²) in [6.07, 6.45) is 1.43. The molecule has 0 saturated carbocycles. The number of hydrogen-bond acceptors (Lipinski definition) is 20. The third-order valence-corrected chi connectivity index (χ3v) is 17.2. The molecule has 5 rings (SSSR count). The van der Waals surface area contributed by atoms with Gasteiger partial charge in [0.25, 0.3) is 0 Å². The van der Waals surface area contributed by atoms with E-state index in [0.717, 1.165) is 16.0 Å². The third kappa shape index (κ3) is 19.7. The normalized spacial score (nSPS) is 26.3. The number of aliphatic hydroxyl groups is 1. The van der Waals surface area contributed by atoms with Crippen molar-refractivity contribution in [3.05, 3.63) is 46.5 Å². The smallest absolute Gasteiger partial charge is 0.409 e. The second-order valence-electron chi connectivity index (χ2n) is 22.0. The molecule has 5 amide bonds. The lowest BCUT2D eigenvalue weighted by atomic mass is 9.83. The number of alkyl carbamates (subject to hydrolysis) is 1. The van der Waals surface area contributed by atoms with Gasteiger partial charge < -0.3 is 62.3 Å². The molecule has 1 aromatic rings. The zero-order valence-corrected chi connectivity index (χ0v) is 51.4. The van der Waals surface area contributed by atoms with E-state index < -0.39 is 93.9 Å². The summed E-state index contributed by atoms with van der Waals surface area (Å²) in [5.74, 6) is -3.20. The highest BCUT2D eigenvalue weighted by atomic mass is 35.5. The van der Waals surface area contributed by atoms with E-state index in [9.17, 15) is 43.5 Å². The summed E-state index contributed by atoms with van der Waals surface area (Å²) in [5, 5.41) is 13.9. The Labute approximate surface area is 495 Å². The number of likely N-dealkylation sites (tertiary alicyclic amines) is 1. The van der Waals surface area contributed by atoms with Gasteiger partial charge in [-0.3, -0.25) is 39.0 Å². The maximum absolute atomic E-state index is 14.4. The van der Waals surface area contributed by atoms with E-state index in [-0.39, 0.29) is 80.8 Å². The van der Waals surface area contributed by atoms with Gasteiger partial charge in [-0.05, 0) is 57.7 Å². The number of ether oxygens (including phenoxy) is 10. The van der Waals surface area contributed by atoms with E-state index in [2.05, 4.69) is 10.1 Å². The number of fused-ring (bicyclic) bond motifs is 5. The van der Waals surface area contributed by atoms with E-state index in [0.29, 0.717) is 70.5 Å². The number of rotatable bonds is 29.